The van der Waals surface area contributed by atoms with Crippen LogP contribution in [-0.4, -0.2) is 14.5 Å². The van der Waals surface area contributed by atoms with Crippen molar-refractivity contribution in [1.82, 2.24) is 14.5 Å². The Balaban J connectivity index is 2.40. The summed E-state index contributed by atoms with van der Waals surface area (Å²) >= 11 is 3.30. The molecule has 2 aromatic heterocycles. The Morgan fingerprint density at radius 2 is 2.21 bits per heavy atom. The second-order valence-corrected chi connectivity index (χ2v) is 3.53. The summed E-state index contributed by atoms with van der Waals surface area (Å²) in [4.78, 5) is 8.05. The molecule has 0 radical (unpaired) electrons. The highest BCUT2D eigenvalue weighted by atomic mass is 79.9. The van der Waals surface area contributed by atoms with Crippen molar-refractivity contribution >= 4 is 15.9 Å². The van der Waals surface area contributed by atoms with Crippen LogP contribution < -0.4 is 0 Å². The van der Waals surface area contributed by atoms with Crippen molar-refractivity contribution < 1.29 is 0 Å². The molecule has 0 saturated heterocycles. The van der Waals surface area contributed by atoms with E-state index in [1.54, 1.807) is 23.3 Å². The summed E-state index contributed by atoms with van der Waals surface area (Å²) in [6, 6.07) is 5.68. The highest BCUT2D eigenvalue weighted by Crippen LogP contribution is 2.10. The number of pyridine rings is 1. The van der Waals surface area contributed by atoms with Crippen LogP contribution in [0.25, 0.3) is 5.82 Å². The number of aromatic nitrogens is 3. The minimum Gasteiger partial charge on any atom is -0.289 e. The summed E-state index contributed by atoms with van der Waals surface area (Å²) in [5.74, 6) is 0.738. The van der Waals surface area contributed by atoms with Gasteiger partial charge in [0.1, 0.15) is 18.2 Å². The Morgan fingerprint density at radius 1 is 1.36 bits per heavy atom. The Bertz CT molecular complexity index is 480. The second kappa shape index (κ2) is 3.60. The number of rotatable bonds is 1. The standard InChI is InChI=1S/C9H5BrN4/c10-7-1-2-9(12-4-7)14-5-8(3-11)13-6-14/h1-2,4-6H. The SMILES string of the molecule is N#Cc1cn(-c2ccc(Br)cn2)cn1. The van der Waals surface area contributed by atoms with Crippen molar-refractivity contribution in [3.63, 3.8) is 0 Å². The average molecular weight is 249 g/mol. The minimum absolute atomic E-state index is 0.384. The largest absolute Gasteiger partial charge is 0.289 e. The molecule has 14 heavy (non-hydrogen) atoms. The summed E-state index contributed by atoms with van der Waals surface area (Å²) < 4.78 is 2.62. The van der Waals surface area contributed by atoms with Gasteiger partial charge in [-0.1, -0.05) is 0 Å². The maximum absolute atomic E-state index is 8.59. The molecule has 0 aliphatic rings. The van der Waals surface area contributed by atoms with Crippen LogP contribution in [0.2, 0.25) is 0 Å². The normalized spacial score (nSPS) is 9.71. The Morgan fingerprint density at radius 3 is 2.79 bits per heavy atom. The van der Waals surface area contributed by atoms with Crippen molar-refractivity contribution in [2.45, 2.75) is 0 Å². The smallest absolute Gasteiger partial charge is 0.158 e. The van der Waals surface area contributed by atoms with Crippen LogP contribution in [0.4, 0.5) is 0 Å². The van der Waals surface area contributed by atoms with Crippen molar-refractivity contribution in [2.75, 3.05) is 0 Å². The predicted molar refractivity (Wildman–Crippen MR) is 53.8 cm³/mol. The molecule has 0 amide bonds. The molecule has 5 heteroatoms. The number of imidazole rings is 1. The monoisotopic (exact) mass is 248 g/mol. The Labute approximate surface area is 89.0 Å². The van der Waals surface area contributed by atoms with E-state index in [9.17, 15) is 0 Å². The number of hydrogen-bond donors (Lipinski definition) is 0. The van der Waals surface area contributed by atoms with Crippen LogP contribution in [0.3, 0.4) is 0 Å². The van der Waals surface area contributed by atoms with E-state index in [0.717, 1.165) is 10.3 Å². The molecule has 0 aliphatic carbocycles. The molecule has 0 aliphatic heterocycles. The molecule has 2 aromatic rings. The molecular weight excluding hydrogens is 244 g/mol. The molecule has 68 valence electrons. The van der Waals surface area contributed by atoms with Crippen LogP contribution in [0, 0.1) is 11.3 Å². The van der Waals surface area contributed by atoms with Crippen LogP contribution in [-0.2, 0) is 0 Å². The van der Waals surface area contributed by atoms with Crippen LogP contribution >= 0.6 is 15.9 Å². The lowest BCUT2D eigenvalue weighted by Gasteiger charge is -1.98. The summed E-state index contributed by atoms with van der Waals surface area (Å²) in [5.41, 5.74) is 0.384. The molecule has 0 saturated carbocycles. The van der Waals surface area contributed by atoms with Crippen LogP contribution in [0.5, 0.6) is 0 Å². The van der Waals surface area contributed by atoms with Gasteiger partial charge in [0.25, 0.3) is 0 Å². The lowest BCUT2D eigenvalue weighted by atomic mass is 10.4. The number of halogens is 1. The third kappa shape index (κ3) is 1.65. The predicted octanol–water partition coefficient (Wildman–Crippen LogP) is 1.90. The highest BCUT2D eigenvalue weighted by molar-refractivity contribution is 9.10. The molecule has 0 fully saturated rings. The van der Waals surface area contributed by atoms with Gasteiger partial charge in [0.2, 0.25) is 0 Å². The molecule has 0 bridgehead atoms. The van der Waals surface area contributed by atoms with Gasteiger partial charge < -0.3 is 0 Å². The first-order chi connectivity index (χ1) is 6.79. The van der Waals surface area contributed by atoms with E-state index in [1.165, 1.54) is 0 Å². The zero-order valence-corrected chi connectivity index (χ0v) is 8.64. The quantitative estimate of drug-likeness (QED) is 0.775. The first-order valence-electron chi connectivity index (χ1n) is 3.85. The molecule has 0 aromatic carbocycles. The topological polar surface area (TPSA) is 54.5 Å². The van der Waals surface area contributed by atoms with Gasteiger partial charge in [0.05, 0.1) is 0 Å². The first kappa shape index (κ1) is 8.91. The fraction of sp³-hybridized carbons (Fsp3) is 0. The van der Waals surface area contributed by atoms with E-state index < -0.39 is 0 Å². The zero-order chi connectivity index (χ0) is 9.97. The van der Waals surface area contributed by atoms with Crippen molar-refractivity contribution in [1.29, 1.82) is 5.26 Å². The molecule has 0 atom stereocenters. The van der Waals surface area contributed by atoms with Gasteiger partial charge in [-0.3, -0.25) is 4.57 Å². The highest BCUT2D eigenvalue weighted by Gasteiger charge is 2.00. The van der Waals surface area contributed by atoms with Gasteiger partial charge in [-0.05, 0) is 28.1 Å². The fourth-order valence-electron chi connectivity index (χ4n) is 1.03. The lowest BCUT2D eigenvalue weighted by Crippen LogP contribution is -1.92. The van der Waals surface area contributed by atoms with Crippen LogP contribution in [0.1, 0.15) is 5.69 Å². The minimum atomic E-state index is 0.384. The van der Waals surface area contributed by atoms with E-state index in [2.05, 4.69) is 25.9 Å². The first-order valence-corrected chi connectivity index (χ1v) is 4.65. The van der Waals surface area contributed by atoms with Gasteiger partial charge in [0.15, 0.2) is 5.69 Å². The Kier molecular flexibility index (Phi) is 2.29. The number of hydrogen-bond acceptors (Lipinski definition) is 3. The molecule has 0 N–H and O–H groups in total. The maximum atomic E-state index is 8.59. The van der Waals surface area contributed by atoms with Crippen molar-refractivity contribution in [3.8, 4) is 11.9 Å². The maximum Gasteiger partial charge on any atom is 0.158 e. The van der Waals surface area contributed by atoms with E-state index in [-0.39, 0.29) is 0 Å². The summed E-state index contributed by atoms with van der Waals surface area (Å²) in [6.45, 7) is 0. The molecule has 0 unspecified atom stereocenters. The fourth-order valence-corrected chi connectivity index (χ4v) is 1.26. The summed E-state index contributed by atoms with van der Waals surface area (Å²) in [6.07, 6.45) is 4.90. The second-order valence-electron chi connectivity index (χ2n) is 2.61. The van der Waals surface area contributed by atoms with E-state index in [0.29, 0.717) is 5.69 Å². The molecular formula is C9H5BrN4. The van der Waals surface area contributed by atoms with Crippen molar-refractivity contribution in [2.24, 2.45) is 0 Å². The third-order valence-corrected chi connectivity index (χ3v) is 2.14. The van der Waals surface area contributed by atoms with E-state index >= 15 is 0 Å². The Hall–Kier alpha value is -1.67. The average Bonchev–Trinajstić information content (AvgIpc) is 2.67. The van der Waals surface area contributed by atoms with E-state index in [4.69, 9.17) is 5.26 Å². The van der Waals surface area contributed by atoms with Crippen molar-refractivity contribution in [3.05, 3.63) is 41.0 Å². The molecule has 2 rings (SSSR count). The van der Waals surface area contributed by atoms with Gasteiger partial charge in [0, 0.05) is 16.9 Å². The number of nitriles is 1. The zero-order valence-electron chi connectivity index (χ0n) is 7.05. The van der Waals surface area contributed by atoms with E-state index in [1.807, 2.05) is 18.2 Å². The van der Waals surface area contributed by atoms with Gasteiger partial charge >= 0.3 is 0 Å². The van der Waals surface area contributed by atoms with Gasteiger partial charge in [-0.25, -0.2) is 9.97 Å². The lowest BCUT2D eigenvalue weighted by molar-refractivity contribution is 0.991. The summed E-state index contributed by atoms with van der Waals surface area (Å²) in [5, 5.41) is 8.59. The molecule has 4 nitrogen and oxygen atoms in total. The number of nitrogens with zero attached hydrogens (tertiary/aromatic N) is 4. The third-order valence-electron chi connectivity index (χ3n) is 1.67. The molecule has 0 spiro atoms. The van der Waals surface area contributed by atoms with Gasteiger partial charge in [-0.15, -0.1) is 0 Å². The summed E-state index contributed by atoms with van der Waals surface area (Å²) in [7, 11) is 0. The van der Waals surface area contributed by atoms with Gasteiger partial charge in [-0.2, -0.15) is 5.26 Å². The molecule has 2 heterocycles. The van der Waals surface area contributed by atoms with Crippen LogP contribution in [0.15, 0.2) is 35.3 Å².